The molecule has 1 aromatic heterocycles. The third-order valence-corrected chi connectivity index (χ3v) is 8.08. The summed E-state index contributed by atoms with van der Waals surface area (Å²) in [4.78, 5) is 25.0. The molecule has 1 aliphatic heterocycles. The molecule has 0 spiro atoms. The predicted molar refractivity (Wildman–Crippen MR) is 130 cm³/mol. The van der Waals surface area contributed by atoms with Crippen LogP contribution in [0.1, 0.15) is 28.8 Å². The maximum absolute atomic E-state index is 13.1. The minimum atomic E-state index is -3.82. The molecule has 0 amide bonds. The van der Waals surface area contributed by atoms with Crippen LogP contribution < -0.4 is 10.4 Å². The number of ether oxygens (including phenoxy) is 2. The second-order valence-electron chi connectivity index (χ2n) is 8.30. The quantitative estimate of drug-likeness (QED) is 0.226. The number of hydrogen-bond donors (Lipinski definition) is 0. The zero-order valence-corrected chi connectivity index (χ0v) is 19.8. The molecule has 5 rings (SSSR count). The van der Waals surface area contributed by atoms with Gasteiger partial charge in [-0.05, 0) is 47.9 Å². The number of sulfonamides is 1. The highest BCUT2D eigenvalue weighted by atomic mass is 32.2. The van der Waals surface area contributed by atoms with E-state index in [1.54, 1.807) is 6.07 Å². The summed E-state index contributed by atoms with van der Waals surface area (Å²) in [6, 6.07) is 16.7. The van der Waals surface area contributed by atoms with Crippen LogP contribution in [-0.2, 0) is 21.4 Å². The standard InChI is InChI=1S/C26H23NO7S/c1-32-21-10-9-18(14-23(21)35(30,31)27-12-4-5-13-27)26(29)33-16-19-15-24(28)34-22-11-8-17-6-2-3-7-20(17)25(19)22/h2-3,6-11,14-15H,4-5,12-13,16H2,1H3. The lowest BCUT2D eigenvalue weighted by atomic mass is 10.0. The zero-order chi connectivity index (χ0) is 24.6. The molecule has 3 aromatic carbocycles. The highest BCUT2D eigenvalue weighted by Gasteiger charge is 2.31. The molecule has 1 aliphatic rings. The van der Waals surface area contributed by atoms with E-state index in [4.69, 9.17) is 13.9 Å². The van der Waals surface area contributed by atoms with Gasteiger partial charge in [-0.25, -0.2) is 18.0 Å². The Kier molecular flexibility index (Phi) is 6.04. The number of carbonyl (C=O) groups excluding carboxylic acids is 1. The Morgan fingerprint density at radius 1 is 1.03 bits per heavy atom. The molecule has 0 aliphatic carbocycles. The molecular formula is C26H23NO7S. The highest BCUT2D eigenvalue weighted by Crippen LogP contribution is 2.31. The number of nitrogens with zero attached hydrogens (tertiary/aromatic N) is 1. The summed E-state index contributed by atoms with van der Waals surface area (Å²) in [6.07, 6.45) is 1.58. The van der Waals surface area contributed by atoms with Gasteiger partial charge in [-0.3, -0.25) is 0 Å². The van der Waals surface area contributed by atoms with Crippen molar-refractivity contribution in [3.8, 4) is 5.75 Å². The smallest absolute Gasteiger partial charge is 0.338 e. The lowest BCUT2D eigenvalue weighted by Gasteiger charge is -2.18. The van der Waals surface area contributed by atoms with E-state index < -0.39 is 21.6 Å². The maximum Gasteiger partial charge on any atom is 0.338 e. The maximum atomic E-state index is 13.1. The van der Waals surface area contributed by atoms with E-state index in [-0.39, 0.29) is 22.8 Å². The number of fused-ring (bicyclic) bond motifs is 3. The molecule has 2 heterocycles. The molecule has 0 saturated carbocycles. The molecule has 0 bridgehead atoms. The molecule has 0 atom stereocenters. The third-order valence-electron chi connectivity index (χ3n) is 6.16. The van der Waals surface area contributed by atoms with Crippen LogP contribution in [0.5, 0.6) is 5.75 Å². The first-order chi connectivity index (χ1) is 16.9. The van der Waals surface area contributed by atoms with Crippen LogP contribution in [0, 0.1) is 0 Å². The normalized spacial score (nSPS) is 14.4. The summed E-state index contributed by atoms with van der Waals surface area (Å²) in [5, 5.41) is 2.50. The van der Waals surface area contributed by atoms with Crippen molar-refractivity contribution in [2.75, 3.05) is 20.2 Å². The van der Waals surface area contributed by atoms with E-state index >= 15 is 0 Å². The molecule has 1 saturated heterocycles. The van der Waals surface area contributed by atoms with Gasteiger partial charge >= 0.3 is 11.6 Å². The van der Waals surface area contributed by atoms with Crippen molar-refractivity contribution in [3.05, 3.63) is 82.2 Å². The molecule has 1 fully saturated rings. The van der Waals surface area contributed by atoms with E-state index in [0.29, 0.717) is 29.6 Å². The molecule has 35 heavy (non-hydrogen) atoms. The van der Waals surface area contributed by atoms with Gasteiger partial charge in [0.1, 0.15) is 22.8 Å². The Bertz CT molecular complexity index is 1600. The Morgan fingerprint density at radius 3 is 2.57 bits per heavy atom. The Balaban J connectivity index is 1.47. The van der Waals surface area contributed by atoms with Crippen molar-refractivity contribution in [2.24, 2.45) is 0 Å². The van der Waals surface area contributed by atoms with Gasteiger partial charge in [-0.15, -0.1) is 0 Å². The Hall–Kier alpha value is -3.69. The second kappa shape index (κ2) is 9.16. The topological polar surface area (TPSA) is 103 Å². The lowest BCUT2D eigenvalue weighted by Crippen LogP contribution is -2.28. The number of benzene rings is 3. The fourth-order valence-corrected chi connectivity index (χ4v) is 6.13. The molecule has 4 aromatic rings. The molecule has 8 nitrogen and oxygen atoms in total. The molecule has 180 valence electrons. The van der Waals surface area contributed by atoms with Gasteiger partial charge < -0.3 is 13.9 Å². The zero-order valence-electron chi connectivity index (χ0n) is 19.0. The number of hydrogen-bond acceptors (Lipinski definition) is 7. The average Bonchev–Trinajstić information content (AvgIpc) is 3.42. The summed E-state index contributed by atoms with van der Waals surface area (Å²) in [5.74, 6) is -0.557. The van der Waals surface area contributed by atoms with Gasteiger partial charge in [0.25, 0.3) is 0 Å². The van der Waals surface area contributed by atoms with Crippen LogP contribution in [0.3, 0.4) is 0 Å². The van der Waals surface area contributed by atoms with Crippen LogP contribution in [0.2, 0.25) is 0 Å². The van der Waals surface area contributed by atoms with Crippen molar-refractivity contribution in [3.63, 3.8) is 0 Å². The number of rotatable bonds is 6. The molecule has 0 unspecified atom stereocenters. The summed E-state index contributed by atoms with van der Waals surface area (Å²) in [5.41, 5.74) is 0.411. The predicted octanol–water partition coefficient (Wildman–Crippen LogP) is 4.10. The molecule has 0 N–H and O–H groups in total. The Morgan fingerprint density at radius 2 is 1.80 bits per heavy atom. The first-order valence-electron chi connectivity index (χ1n) is 11.2. The average molecular weight is 494 g/mol. The van der Waals surface area contributed by atoms with Crippen molar-refractivity contribution >= 4 is 37.7 Å². The number of esters is 1. The van der Waals surface area contributed by atoms with Crippen molar-refractivity contribution < 1.29 is 27.1 Å². The minimum Gasteiger partial charge on any atom is -0.495 e. The van der Waals surface area contributed by atoms with Crippen LogP contribution in [0.4, 0.5) is 0 Å². The summed E-state index contributed by atoms with van der Waals surface area (Å²) < 4.78 is 43.8. The lowest BCUT2D eigenvalue weighted by molar-refractivity contribution is 0.0473. The van der Waals surface area contributed by atoms with E-state index in [2.05, 4.69) is 0 Å². The van der Waals surface area contributed by atoms with Gasteiger partial charge in [0.05, 0.1) is 12.7 Å². The van der Waals surface area contributed by atoms with Crippen molar-refractivity contribution in [1.82, 2.24) is 4.31 Å². The van der Waals surface area contributed by atoms with Crippen LogP contribution in [0.25, 0.3) is 21.7 Å². The van der Waals surface area contributed by atoms with E-state index in [9.17, 15) is 18.0 Å². The van der Waals surface area contributed by atoms with Crippen LogP contribution in [0.15, 0.2) is 74.8 Å². The van der Waals surface area contributed by atoms with E-state index in [0.717, 1.165) is 23.6 Å². The SMILES string of the molecule is COc1ccc(C(=O)OCc2cc(=O)oc3ccc4ccccc4c23)cc1S(=O)(=O)N1CCCC1. The molecule has 0 radical (unpaired) electrons. The van der Waals surface area contributed by atoms with Gasteiger partial charge in [0.15, 0.2) is 0 Å². The van der Waals surface area contributed by atoms with Crippen molar-refractivity contribution in [2.45, 2.75) is 24.3 Å². The van der Waals surface area contributed by atoms with Crippen LogP contribution in [-0.4, -0.2) is 38.9 Å². The highest BCUT2D eigenvalue weighted by molar-refractivity contribution is 7.89. The number of methoxy groups -OCH3 is 1. The van der Waals surface area contributed by atoms with Crippen LogP contribution >= 0.6 is 0 Å². The third kappa shape index (κ3) is 4.28. The summed E-state index contributed by atoms with van der Waals surface area (Å²) in [7, 11) is -2.43. The van der Waals surface area contributed by atoms with Gasteiger partial charge in [0.2, 0.25) is 10.0 Å². The minimum absolute atomic E-state index is 0.0701. The summed E-state index contributed by atoms with van der Waals surface area (Å²) in [6.45, 7) is 0.671. The van der Waals surface area contributed by atoms with E-state index in [1.165, 1.54) is 35.7 Å². The fourth-order valence-electron chi connectivity index (χ4n) is 4.43. The van der Waals surface area contributed by atoms with Gasteiger partial charge in [0, 0.05) is 30.1 Å². The first kappa shape index (κ1) is 23.1. The second-order valence-corrected chi connectivity index (χ2v) is 10.2. The van der Waals surface area contributed by atoms with Crippen molar-refractivity contribution in [1.29, 1.82) is 0 Å². The Labute approximate surface area is 201 Å². The molecule has 9 heteroatoms. The summed E-state index contributed by atoms with van der Waals surface area (Å²) >= 11 is 0. The van der Waals surface area contributed by atoms with Gasteiger partial charge in [-0.1, -0.05) is 30.3 Å². The van der Waals surface area contributed by atoms with E-state index in [1.807, 2.05) is 30.3 Å². The van der Waals surface area contributed by atoms with Gasteiger partial charge in [-0.2, -0.15) is 4.31 Å². The molecular weight excluding hydrogens is 470 g/mol. The number of carbonyl (C=O) groups is 1. The largest absolute Gasteiger partial charge is 0.495 e. The monoisotopic (exact) mass is 493 g/mol. The fraction of sp³-hybridized carbons (Fsp3) is 0.231. The first-order valence-corrected chi connectivity index (χ1v) is 12.6.